The van der Waals surface area contributed by atoms with E-state index in [-0.39, 0.29) is 5.69 Å². The van der Waals surface area contributed by atoms with Crippen molar-refractivity contribution in [3.8, 4) is 5.69 Å². The number of aliphatic hydroxyl groups excluding tert-OH is 1. The highest BCUT2D eigenvalue weighted by molar-refractivity contribution is 6.30. The normalized spacial score (nSPS) is 12.4. The number of nitro benzene ring substituents is 1. The van der Waals surface area contributed by atoms with Crippen LogP contribution >= 0.6 is 11.6 Å². The quantitative estimate of drug-likeness (QED) is 0.684. The van der Waals surface area contributed by atoms with Gasteiger partial charge in [-0.1, -0.05) is 17.7 Å². The number of aromatic nitrogens is 2. The molecule has 0 saturated carbocycles. The van der Waals surface area contributed by atoms with Crippen LogP contribution in [0.4, 0.5) is 5.69 Å². The van der Waals surface area contributed by atoms with Crippen LogP contribution in [0, 0.1) is 10.1 Å². The molecule has 0 bridgehead atoms. The molecule has 2 rings (SSSR count). The van der Waals surface area contributed by atoms with Crippen LogP contribution in [0.5, 0.6) is 0 Å². The van der Waals surface area contributed by atoms with Gasteiger partial charge >= 0.3 is 0 Å². The lowest BCUT2D eigenvalue weighted by Gasteiger charge is -2.07. The van der Waals surface area contributed by atoms with Crippen molar-refractivity contribution in [3.63, 3.8) is 0 Å². The number of aliphatic hydroxyl groups is 1. The van der Waals surface area contributed by atoms with Gasteiger partial charge in [0.25, 0.3) is 5.69 Å². The first-order valence-corrected chi connectivity index (χ1v) is 5.54. The van der Waals surface area contributed by atoms with Gasteiger partial charge in [0.2, 0.25) is 0 Å². The first kappa shape index (κ1) is 12.5. The van der Waals surface area contributed by atoms with E-state index in [4.69, 9.17) is 11.6 Å². The second kappa shape index (κ2) is 4.75. The minimum atomic E-state index is -0.765. The topological polar surface area (TPSA) is 81.2 Å². The number of hydrogen-bond donors (Lipinski definition) is 1. The van der Waals surface area contributed by atoms with Gasteiger partial charge in [0, 0.05) is 12.3 Å². The SMILES string of the molecule is CC(O)c1ccc(-n2cc(Cl)cn2)c([N+](=O)[O-])c1. The number of halogens is 1. The van der Waals surface area contributed by atoms with Crippen molar-refractivity contribution in [1.82, 2.24) is 9.78 Å². The molecule has 0 fully saturated rings. The minimum Gasteiger partial charge on any atom is -0.389 e. The van der Waals surface area contributed by atoms with Crippen LogP contribution < -0.4 is 0 Å². The lowest BCUT2D eigenvalue weighted by molar-refractivity contribution is -0.384. The molecule has 0 radical (unpaired) electrons. The number of nitrogens with zero attached hydrogens (tertiary/aromatic N) is 3. The van der Waals surface area contributed by atoms with Crippen LogP contribution in [0.2, 0.25) is 5.02 Å². The summed E-state index contributed by atoms with van der Waals surface area (Å²) in [6.45, 7) is 1.55. The third-order valence-corrected chi connectivity index (χ3v) is 2.67. The number of nitro groups is 1. The van der Waals surface area contributed by atoms with Gasteiger partial charge in [0.15, 0.2) is 0 Å². The molecule has 94 valence electrons. The fourth-order valence-corrected chi connectivity index (χ4v) is 1.71. The maximum absolute atomic E-state index is 11.0. The Hall–Kier alpha value is -1.92. The van der Waals surface area contributed by atoms with Gasteiger partial charge in [-0.2, -0.15) is 5.10 Å². The van der Waals surface area contributed by atoms with Gasteiger partial charge in [-0.3, -0.25) is 10.1 Å². The summed E-state index contributed by atoms with van der Waals surface area (Å²) in [5.41, 5.74) is 0.646. The van der Waals surface area contributed by atoms with E-state index < -0.39 is 11.0 Å². The van der Waals surface area contributed by atoms with E-state index in [2.05, 4.69) is 5.10 Å². The molecule has 1 aromatic heterocycles. The van der Waals surface area contributed by atoms with Crippen molar-refractivity contribution in [3.05, 3.63) is 51.3 Å². The lowest BCUT2D eigenvalue weighted by atomic mass is 10.1. The Kier molecular flexibility index (Phi) is 3.31. The molecule has 1 heterocycles. The average molecular weight is 268 g/mol. The highest BCUT2D eigenvalue weighted by Gasteiger charge is 2.18. The first-order valence-electron chi connectivity index (χ1n) is 5.16. The van der Waals surface area contributed by atoms with Gasteiger partial charge in [-0.15, -0.1) is 0 Å². The Morgan fingerprint density at radius 1 is 1.56 bits per heavy atom. The average Bonchev–Trinajstić information content (AvgIpc) is 2.74. The molecule has 0 amide bonds. The minimum absolute atomic E-state index is 0.131. The van der Waals surface area contributed by atoms with Crippen molar-refractivity contribution >= 4 is 17.3 Å². The van der Waals surface area contributed by atoms with Gasteiger partial charge in [-0.25, -0.2) is 4.68 Å². The summed E-state index contributed by atoms with van der Waals surface area (Å²) in [4.78, 5) is 10.5. The second-order valence-electron chi connectivity index (χ2n) is 3.78. The number of hydrogen-bond acceptors (Lipinski definition) is 4. The van der Waals surface area contributed by atoms with Crippen LogP contribution in [-0.2, 0) is 0 Å². The van der Waals surface area contributed by atoms with Crippen LogP contribution in [0.3, 0.4) is 0 Å². The van der Waals surface area contributed by atoms with Crippen LogP contribution in [-0.4, -0.2) is 19.8 Å². The third kappa shape index (κ3) is 2.34. The summed E-state index contributed by atoms with van der Waals surface area (Å²) in [6, 6.07) is 4.47. The fourth-order valence-electron chi connectivity index (χ4n) is 1.57. The molecule has 6 nitrogen and oxygen atoms in total. The summed E-state index contributed by atoms with van der Waals surface area (Å²) in [6.07, 6.45) is 2.11. The molecular weight excluding hydrogens is 258 g/mol. The van der Waals surface area contributed by atoms with E-state index in [1.54, 1.807) is 13.0 Å². The van der Waals surface area contributed by atoms with Gasteiger partial charge in [0.1, 0.15) is 5.69 Å². The monoisotopic (exact) mass is 267 g/mol. The number of rotatable bonds is 3. The van der Waals surface area contributed by atoms with E-state index in [1.807, 2.05) is 0 Å². The molecule has 1 aromatic carbocycles. The maximum atomic E-state index is 11.0. The molecule has 1 atom stereocenters. The summed E-state index contributed by atoms with van der Waals surface area (Å²) in [7, 11) is 0. The Balaban J connectivity index is 2.57. The van der Waals surface area contributed by atoms with E-state index in [9.17, 15) is 15.2 Å². The van der Waals surface area contributed by atoms with Crippen molar-refractivity contribution in [2.75, 3.05) is 0 Å². The van der Waals surface area contributed by atoms with E-state index in [1.165, 1.54) is 29.2 Å². The molecule has 1 unspecified atom stereocenters. The zero-order valence-electron chi connectivity index (χ0n) is 9.45. The molecule has 1 N–H and O–H groups in total. The molecule has 0 spiro atoms. The maximum Gasteiger partial charge on any atom is 0.295 e. The van der Waals surface area contributed by atoms with E-state index >= 15 is 0 Å². The van der Waals surface area contributed by atoms with E-state index in [0.717, 1.165) is 0 Å². The second-order valence-corrected chi connectivity index (χ2v) is 4.22. The molecule has 18 heavy (non-hydrogen) atoms. The van der Waals surface area contributed by atoms with Crippen molar-refractivity contribution in [1.29, 1.82) is 0 Å². The Labute approximate surface area is 108 Å². The zero-order valence-corrected chi connectivity index (χ0v) is 10.2. The fraction of sp³-hybridized carbons (Fsp3) is 0.182. The summed E-state index contributed by atoms with van der Waals surface area (Å²) in [5.74, 6) is 0. The summed E-state index contributed by atoms with van der Waals surface area (Å²) in [5, 5.41) is 24.8. The smallest absolute Gasteiger partial charge is 0.295 e. The standard InChI is InChI=1S/C11H10ClN3O3/c1-7(16)8-2-3-10(11(4-8)15(17)18)14-6-9(12)5-13-14/h2-7,16H,1H3. The predicted molar refractivity (Wildman–Crippen MR) is 65.9 cm³/mol. The lowest BCUT2D eigenvalue weighted by Crippen LogP contribution is -2.02. The Morgan fingerprint density at radius 3 is 2.78 bits per heavy atom. The van der Waals surface area contributed by atoms with Crippen LogP contribution in [0.25, 0.3) is 5.69 Å². The highest BCUT2D eigenvalue weighted by Crippen LogP contribution is 2.27. The van der Waals surface area contributed by atoms with Crippen molar-refractivity contribution < 1.29 is 10.0 Å². The van der Waals surface area contributed by atoms with Gasteiger partial charge in [-0.05, 0) is 18.6 Å². The molecule has 0 aliphatic rings. The molecule has 0 aliphatic carbocycles. The van der Waals surface area contributed by atoms with Crippen molar-refractivity contribution in [2.45, 2.75) is 13.0 Å². The number of benzene rings is 1. The van der Waals surface area contributed by atoms with Gasteiger partial charge < -0.3 is 5.11 Å². The predicted octanol–water partition coefficient (Wildman–Crippen LogP) is 2.49. The van der Waals surface area contributed by atoms with E-state index in [0.29, 0.717) is 16.3 Å². The Morgan fingerprint density at radius 2 is 2.28 bits per heavy atom. The van der Waals surface area contributed by atoms with Crippen molar-refractivity contribution in [2.24, 2.45) is 0 Å². The van der Waals surface area contributed by atoms with Gasteiger partial charge in [0.05, 0.1) is 22.2 Å². The highest BCUT2D eigenvalue weighted by atomic mass is 35.5. The molecule has 0 aliphatic heterocycles. The third-order valence-electron chi connectivity index (χ3n) is 2.48. The van der Waals surface area contributed by atoms with Crippen LogP contribution in [0.1, 0.15) is 18.6 Å². The molecule has 0 saturated heterocycles. The molecule has 2 aromatic rings. The summed E-state index contributed by atoms with van der Waals surface area (Å²) >= 11 is 5.73. The zero-order chi connectivity index (χ0) is 13.3. The largest absolute Gasteiger partial charge is 0.389 e. The van der Waals surface area contributed by atoms with Crippen LogP contribution in [0.15, 0.2) is 30.6 Å². The molecule has 7 heteroatoms. The first-order chi connectivity index (χ1) is 8.49. The molecular formula is C11H10ClN3O3. The Bertz CT molecular complexity index is 595. The summed E-state index contributed by atoms with van der Waals surface area (Å²) < 4.78 is 1.33.